The number of benzene rings is 1. The van der Waals surface area contributed by atoms with E-state index in [4.69, 9.17) is 0 Å². The number of pyridine rings is 1. The Bertz CT molecular complexity index is 1190. The molecule has 0 saturated carbocycles. The summed E-state index contributed by atoms with van der Waals surface area (Å²) >= 11 is 3.38. The molecule has 132 valence electrons. The maximum atomic E-state index is 12.7. The molecule has 3 heterocycles. The summed E-state index contributed by atoms with van der Waals surface area (Å²) in [5.41, 5.74) is 1.47. The first-order chi connectivity index (χ1) is 12.5. The molecule has 0 saturated heterocycles. The van der Waals surface area contributed by atoms with E-state index in [2.05, 4.69) is 36.4 Å². The summed E-state index contributed by atoms with van der Waals surface area (Å²) in [6, 6.07) is 6.97. The van der Waals surface area contributed by atoms with Gasteiger partial charge in [-0.3, -0.25) is 9.89 Å². The second kappa shape index (κ2) is 6.10. The fourth-order valence-corrected chi connectivity index (χ4v) is 3.04. The number of hydrogen-bond donors (Lipinski definition) is 2. The Morgan fingerprint density at radius 2 is 1.92 bits per heavy atom. The number of amides is 1. The van der Waals surface area contributed by atoms with Gasteiger partial charge in [0, 0.05) is 16.7 Å². The van der Waals surface area contributed by atoms with Crippen molar-refractivity contribution in [1.82, 2.24) is 29.9 Å². The highest BCUT2D eigenvalue weighted by Gasteiger charge is 2.18. The lowest BCUT2D eigenvalue weighted by atomic mass is 10.2. The highest BCUT2D eigenvalue weighted by atomic mass is 79.9. The number of rotatable bonds is 2. The van der Waals surface area contributed by atoms with Crippen molar-refractivity contribution in [3.8, 4) is 5.69 Å². The average Bonchev–Trinajstić information content (AvgIpc) is 3.17. The molecule has 2 N–H and O–H groups in total. The van der Waals surface area contributed by atoms with Gasteiger partial charge in [0.05, 0.1) is 28.2 Å². The molecule has 0 unspecified atom stereocenters. The lowest BCUT2D eigenvalue weighted by Crippen LogP contribution is -2.34. The van der Waals surface area contributed by atoms with Crippen molar-refractivity contribution >= 4 is 43.9 Å². The van der Waals surface area contributed by atoms with Crippen LogP contribution in [0.15, 0.2) is 45.9 Å². The smallest absolute Gasteiger partial charge is 0.334 e. The van der Waals surface area contributed by atoms with Crippen molar-refractivity contribution in [2.24, 2.45) is 0 Å². The molecule has 0 aliphatic carbocycles. The molecular weight excluding hydrogens is 400 g/mol. The summed E-state index contributed by atoms with van der Waals surface area (Å²) in [6.45, 7) is 3.73. The van der Waals surface area contributed by atoms with Crippen LogP contribution in [0.2, 0.25) is 0 Å². The number of halogens is 1. The molecule has 4 aromatic rings. The standard InChI is InChI=1S/C17H15BrN6O2/c1-9(2)21-17(26)24-15-12(8-20-24)14-13(7-19-15)16(25)23(22-14)11-5-3-10(18)4-6-11/h3-9,22H,1-2H3,(H,21,26). The molecule has 8 nitrogen and oxygen atoms in total. The van der Waals surface area contributed by atoms with Crippen LogP contribution in [-0.4, -0.2) is 36.6 Å². The Hall–Kier alpha value is -2.94. The molecule has 4 rings (SSSR count). The Labute approximate surface area is 155 Å². The third kappa shape index (κ3) is 2.60. The highest BCUT2D eigenvalue weighted by Crippen LogP contribution is 2.21. The van der Waals surface area contributed by atoms with Gasteiger partial charge in [-0.05, 0) is 38.1 Å². The van der Waals surface area contributed by atoms with Crippen molar-refractivity contribution in [3.05, 3.63) is 51.5 Å². The van der Waals surface area contributed by atoms with Crippen molar-refractivity contribution < 1.29 is 4.79 Å². The zero-order valence-electron chi connectivity index (χ0n) is 14.0. The molecule has 3 aromatic heterocycles. The Morgan fingerprint density at radius 3 is 2.62 bits per heavy atom. The number of carbonyl (C=O) groups excluding carboxylic acids is 1. The molecule has 0 aliphatic rings. The van der Waals surface area contributed by atoms with Gasteiger partial charge in [0.15, 0.2) is 5.65 Å². The number of aromatic amines is 1. The quantitative estimate of drug-likeness (QED) is 0.526. The second-order valence-electron chi connectivity index (χ2n) is 6.17. The lowest BCUT2D eigenvalue weighted by molar-refractivity contribution is 0.238. The Balaban J connectivity index is 1.90. The van der Waals surface area contributed by atoms with Crippen LogP contribution >= 0.6 is 15.9 Å². The number of fused-ring (bicyclic) bond motifs is 3. The van der Waals surface area contributed by atoms with E-state index in [1.54, 1.807) is 0 Å². The van der Waals surface area contributed by atoms with E-state index < -0.39 is 0 Å². The summed E-state index contributed by atoms with van der Waals surface area (Å²) in [6.07, 6.45) is 3.00. The maximum Gasteiger partial charge on any atom is 0.344 e. The molecule has 9 heteroatoms. The second-order valence-corrected chi connectivity index (χ2v) is 7.09. The number of H-pyrrole nitrogens is 1. The minimum Gasteiger partial charge on any atom is -0.334 e. The molecule has 0 atom stereocenters. The third-order valence-electron chi connectivity index (χ3n) is 3.94. The first-order valence-electron chi connectivity index (χ1n) is 8.00. The van der Waals surface area contributed by atoms with Gasteiger partial charge in [-0.1, -0.05) is 15.9 Å². The van der Waals surface area contributed by atoms with Crippen LogP contribution in [0.1, 0.15) is 13.8 Å². The maximum absolute atomic E-state index is 12.7. The summed E-state index contributed by atoms with van der Waals surface area (Å²) in [5, 5.41) is 11.0. The number of nitrogens with zero attached hydrogens (tertiary/aromatic N) is 4. The van der Waals surface area contributed by atoms with Gasteiger partial charge in [0.2, 0.25) is 0 Å². The Kier molecular flexibility index (Phi) is 3.87. The largest absolute Gasteiger partial charge is 0.344 e. The molecule has 0 aliphatic heterocycles. The first kappa shape index (κ1) is 16.5. The normalized spacial score (nSPS) is 11.5. The fourth-order valence-electron chi connectivity index (χ4n) is 2.77. The lowest BCUT2D eigenvalue weighted by Gasteiger charge is -2.07. The van der Waals surface area contributed by atoms with Gasteiger partial charge in [0.1, 0.15) is 0 Å². The monoisotopic (exact) mass is 414 g/mol. The topological polar surface area (TPSA) is 97.6 Å². The van der Waals surface area contributed by atoms with Gasteiger partial charge in [-0.15, -0.1) is 0 Å². The van der Waals surface area contributed by atoms with Crippen molar-refractivity contribution in [2.45, 2.75) is 19.9 Å². The van der Waals surface area contributed by atoms with Gasteiger partial charge in [-0.25, -0.2) is 14.5 Å². The van der Waals surface area contributed by atoms with E-state index in [9.17, 15) is 9.59 Å². The molecular formula is C17H15BrN6O2. The summed E-state index contributed by atoms with van der Waals surface area (Å²) < 4.78 is 3.57. The first-order valence-corrected chi connectivity index (χ1v) is 8.79. The van der Waals surface area contributed by atoms with Crippen LogP contribution in [0.3, 0.4) is 0 Å². The van der Waals surface area contributed by atoms with Crippen LogP contribution < -0.4 is 10.9 Å². The molecule has 0 radical (unpaired) electrons. The number of hydrogen-bond acceptors (Lipinski definition) is 4. The molecule has 0 bridgehead atoms. The van der Waals surface area contributed by atoms with Crippen LogP contribution in [-0.2, 0) is 0 Å². The van der Waals surface area contributed by atoms with Crippen LogP contribution in [0.25, 0.3) is 27.6 Å². The number of aromatic nitrogens is 5. The molecule has 26 heavy (non-hydrogen) atoms. The molecule has 0 fully saturated rings. The van der Waals surface area contributed by atoms with Crippen molar-refractivity contribution in [3.63, 3.8) is 0 Å². The number of nitrogens with one attached hydrogen (secondary N) is 2. The highest BCUT2D eigenvalue weighted by molar-refractivity contribution is 9.10. The average molecular weight is 415 g/mol. The van der Waals surface area contributed by atoms with Gasteiger partial charge in [0.25, 0.3) is 5.56 Å². The molecule has 1 amide bonds. The van der Waals surface area contributed by atoms with E-state index in [1.165, 1.54) is 21.8 Å². The minimum atomic E-state index is -0.364. The van der Waals surface area contributed by atoms with E-state index >= 15 is 0 Å². The van der Waals surface area contributed by atoms with Gasteiger partial charge < -0.3 is 5.32 Å². The molecule has 0 spiro atoms. The predicted molar refractivity (Wildman–Crippen MR) is 102 cm³/mol. The zero-order chi connectivity index (χ0) is 18.4. The van der Waals surface area contributed by atoms with Gasteiger partial charge >= 0.3 is 6.03 Å². The summed E-state index contributed by atoms with van der Waals surface area (Å²) in [5.74, 6) is 0. The Morgan fingerprint density at radius 1 is 1.19 bits per heavy atom. The summed E-state index contributed by atoms with van der Waals surface area (Å²) in [7, 11) is 0. The van der Waals surface area contributed by atoms with Crippen molar-refractivity contribution in [1.29, 1.82) is 0 Å². The van der Waals surface area contributed by atoms with Gasteiger partial charge in [-0.2, -0.15) is 9.78 Å². The fraction of sp³-hybridized carbons (Fsp3) is 0.176. The van der Waals surface area contributed by atoms with Crippen molar-refractivity contribution in [2.75, 3.05) is 0 Å². The van der Waals surface area contributed by atoms with Crippen LogP contribution in [0, 0.1) is 0 Å². The molecule has 1 aromatic carbocycles. The van der Waals surface area contributed by atoms with E-state index in [0.717, 1.165) is 4.47 Å². The minimum absolute atomic E-state index is 0.0243. The van der Waals surface area contributed by atoms with E-state index in [1.807, 2.05) is 38.1 Å². The van der Waals surface area contributed by atoms with Crippen LogP contribution in [0.4, 0.5) is 4.79 Å². The van der Waals surface area contributed by atoms with E-state index in [0.29, 0.717) is 27.6 Å². The number of carbonyl (C=O) groups is 1. The van der Waals surface area contributed by atoms with Crippen LogP contribution in [0.5, 0.6) is 0 Å². The SMILES string of the molecule is CC(C)NC(=O)n1ncc2c3[nH]n(-c4ccc(Br)cc4)c(=O)c3cnc21. The summed E-state index contributed by atoms with van der Waals surface area (Å²) in [4.78, 5) is 29.3. The predicted octanol–water partition coefficient (Wildman–Crippen LogP) is 2.79. The van der Waals surface area contributed by atoms with E-state index in [-0.39, 0.29) is 17.6 Å². The zero-order valence-corrected chi connectivity index (χ0v) is 15.6. The third-order valence-corrected chi connectivity index (χ3v) is 4.47.